The van der Waals surface area contributed by atoms with Gasteiger partial charge in [-0.15, -0.1) is 0 Å². The molecule has 0 aliphatic carbocycles. The number of ether oxygens (including phenoxy) is 2. The highest BCUT2D eigenvalue weighted by Gasteiger charge is 2.17. The predicted octanol–water partition coefficient (Wildman–Crippen LogP) is 3.22. The minimum Gasteiger partial charge on any atom is -0.464 e. The zero-order chi connectivity index (χ0) is 18.9. The molecule has 2 rings (SSSR count). The summed E-state index contributed by atoms with van der Waals surface area (Å²) in [5.74, 6) is -1.63. The van der Waals surface area contributed by atoms with Gasteiger partial charge in [0.25, 0.3) is 0 Å². The lowest BCUT2D eigenvalue weighted by Gasteiger charge is -2.13. The summed E-state index contributed by atoms with van der Waals surface area (Å²) in [6.07, 6.45) is 1.14. The molecule has 6 heteroatoms. The second-order valence-electron chi connectivity index (χ2n) is 5.17. The van der Waals surface area contributed by atoms with Crippen molar-refractivity contribution in [3.63, 3.8) is 0 Å². The molecule has 0 heterocycles. The molecule has 0 fully saturated rings. The van der Waals surface area contributed by atoms with Crippen LogP contribution in [0.3, 0.4) is 0 Å². The van der Waals surface area contributed by atoms with Crippen molar-refractivity contribution in [3.8, 4) is 0 Å². The van der Waals surface area contributed by atoms with Crippen LogP contribution in [0.15, 0.2) is 66.4 Å². The van der Waals surface area contributed by atoms with Crippen molar-refractivity contribution in [1.29, 1.82) is 0 Å². The van der Waals surface area contributed by atoms with Crippen molar-refractivity contribution in [2.24, 2.45) is 0 Å². The van der Waals surface area contributed by atoms with E-state index in [0.717, 1.165) is 6.08 Å². The minimum atomic E-state index is -0.729. The quantitative estimate of drug-likeness (QED) is 0.468. The Morgan fingerprint density at radius 1 is 1.00 bits per heavy atom. The van der Waals surface area contributed by atoms with Gasteiger partial charge in [-0.2, -0.15) is 0 Å². The number of para-hydroxylation sites is 1. The molecule has 6 nitrogen and oxygen atoms in total. The van der Waals surface area contributed by atoms with Gasteiger partial charge in [0.1, 0.15) is 5.70 Å². The highest BCUT2D eigenvalue weighted by atomic mass is 16.5. The van der Waals surface area contributed by atoms with Crippen LogP contribution in [0.5, 0.6) is 0 Å². The molecule has 0 atom stereocenters. The molecule has 0 amide bonds. The zero-order valence-corrected chi connectivity index (χ0v) is 14.5. The molecule has 0 radical (unpaired) electrons. The fourth-order valence-corrected chi connectivity index (χ4v) is 2.20. The van der Waals surface area contributed by atoms with Crippen molar-refractivity contribution < 1.29 is 23.9 Å². The summed E-state index contributed by atoms with van der Waals surface area (Å²) in [4.78, 5) is 36.5. The van der Waals surface area contributed by atoms with Crippen LogP contribution in [-0.4, -0.2) is 31.4 Å². The molecule has 0 bridgehead atoms. The summed E-state index contributed by atoms with van der Waals surface area (Å²) in [5, 5.41) is 2.80. The van der Waals surface area contributed by atoms with Gasteiger partial charge in [-0.3, -0.25) is 4.79 Å². The Bertz CT molecular complexity index is 827. The normalized spacial score (nSPS) is 10.8. The van der Waals surface area contributed by atoms with E-state index in [-0.39, 0.29) is 23.7 Å². The van der Waals surface area contributed by atoms with Gasteiger partial charge < -0.3 is 14.8 Å². The van der Waals surface area contributed by atoms with Gasteiger partial charge in [-0.25, -0.2) is 9.59 Å². The van der Waals surface area contributed by atoms with E-state index in [4.69, 9.17) is 9.47 Å². The Morgan fingerprint density at radius 2 is 1.65 bits per heavy atom. The van der Waals surface area contributed by atoms with Crippen molar-refractivity contribution in [3.05, 3.63) is 77.5 Å². The van der Waals surface area contributed by atoms with E-state index in [1.165, 1.54) is 7.11 Å². The number of hydrogen-bond donors (Lipinski definition) is 1. The van der Waals surface area contributed by atoms with E-state index < -0.39 is 11.9 Å². The highest BCUT2D eigenvalue weighted by Crippen LogP contribution is 2.19. The summed E-state index contributed by atoms with van der Waals surface area (Å²) in [6.45, 7) is 1.92. The number of nitrogens with one attached hydrogen (secondary N) is 1. The van der Waals surface area contributed by atoms with E-state index in [2.05, 4.69) is 5.32 Å². The highest BCUT2D eigenvalue weighted by molar-refractivity contribution is 6.10. The molecule has 0 saturated carbocycles. The largest absolute Gasteiger partial charge is 0.464 e. The third kappa shape index (κ3) is 4.80. The van der Waals surface area contributed by atoms with Gasteiger partial charge in [0.15, 0.2) is 5.78 Å². The first-order chi connectivity index (χ1) is 12.6. The SMILES string of the molecule is CCOC(=O)c1ccccc1NC(=CC(=O)c1ccccc1)C(=O)OC. The molecule has 2 aromatic rings. The van der Waals surface area contributed by atoms with Crippen LogP contribution in [0.4, 0.5) is 5.69 Å². The molecule has 0 aliphatic heterocycles. The molecule has 0 aromatic heterocycles. The fraction of sp³-hybridized carbons (Fsp3) is 0.150. The molecule has 0 saturated heterocycles. The maximum absolute atomic E-state index is 12.4. The lowest BCUT2D eigenvalue weighted by atomic mass is 10.1. The van der Waals surface area contributed by atoms with E-state index >= 15 is 0 Å². The van der Waals surface area contributed by atoms with Gasteiger partial charge in [0, 0.05) is 11.6 Å². The minimum absolute atomic E-state index is 0.0851. The first-order valence-corrected chi connectivity index (χ1v) is 7.99. The first-order valence-electron chi connectivity index (χ1n) is 7.99. The van der Waals surface area contributed by atoms with Crippen molar-refractivity contribution in [2.45, 2.75) is 6.92 Å². The zero-order valence-electron chi connectivity index (χ0n) is 14.5. The Labute approximate surface area is 151 Å². The molecular formula is C20H19NO5. The molecule has 1 N–H and O–H groups in total. The number of esters is 2. The van der Waals surface area contributed by atoms with Crippen LogP contribution >= 0.6 is 0 Å². The van der Waals surface area contributed by atoms with Gasteiger partial charge in [-0.05, 0) is 19.1 Å². The average molecular weight is 353 g/mol. The summed E-state index contributed by atoms with van der Waals surface area (Å²) in [6, 6.07) is 15.1. The average Bonchev–Trinajstić information content (AvgIpc) is 2.68. The van der Waals surface area contributed by atoms with Gasteiger partial charge in [0.2, 0.25) is 0 Å². The van der Waals surface area contributed by atoms with Crippen molar-refractivity contribution in [2.75, 3.05) is 19.0 Å². The summed E-state index contributed by atoms with van der Waals surface area (Å²) >= 11 is 0. The maximum atomic E-state index is 12.4. The standard InChI is InChI=1S/C20H19NO5/c1-3-26-19(23)15-11-7-8-12-16(15)21-17(20(24)25-2)13-18(22)14-9-5-4-6-10-14/h4-13,21H,3H2,1-2H3. The Balaban J connectivity index is 2.35. The van der Waals surface area contributed by atoms with Crippen LogP contribution in [-0.2, 0) is 14.3 Å². The summed E-state index contributed by atoms with van der Waals surface area (Å²) < 4.78 is 9.74. The summed E-state index contributed by atoms with van der Waals surface area (Å²) in [7, 11) is 1.21. The van der Waals surface area contributed by atoms with Crippen LogP contribution in [0.25, 0.3) is 0 Å². The lowest BCUT2D eigenvalue weighted by molar-refractivity contribution is -0.135. The Morgan fingerprint density at radius 3 is 2.31 bits per heavy atom. The molecule has 0 aliphatic rings. The molecule has 0 unspecified atom stereocenters. The number of methoxy groups -OCH3 is 1. The van der Waals surface area contributed by atoms with E-state index in [9.17, 15) is 14.4 Å². The molecule has 26 heavy (non-hydrogen) atoms. The van der Waals surface area contributed by atoms with Crippen molar-refractivity contribution >= 4 is 23.4 Å². The Hall–Kier alpha value is -3.41. The number of rotatable bonds is 7. The van der Waals surface area contributed by atoms with E-state index in [1.807, 2.05) is 0 Å². The number of benzene rings is 2. The van der Waals surface area contributed by atoms with E-state index in [0.29, 0.717) is 11.3 Å². The van der Waals surface area contributed by atoms with Crippen LogP contribution in [0.2, 0.25) is 0 Å². The number of anilines is 1. The molecule has 0 spiro atoms. The second-order valence-corrected chi connectivity index (χ2v) is 5.17. The number of ketones is 1. The van der Waals surface area contributed by atoms with Crippen molar-refractivity contribution in [1.82, 2.24) is 0 Å². The number of carbonyl (C=O) groups is 3. The van der Waals surface area contributed by atoms with Crippen LogP contribution in [0.1, 0.15) is 27.6 Å². The maximum Gasteiger partial charge on any atom is 0.354 e. The topological polar surface area (TPSA) is 81.7 Å². The van der Waals surface area contributed by atoms with Crippen LogP contribution in [0, 0.1) is 0 Å². The monoisotopic (exact) mass is 353 g/mol. The molecule has 134 valence electrons. The number of hydrogen-bond acceptors (Lipinski definition) is 6. The molecular weight excluding hydrogens is 334 g/mol. The van der Waals surface area contributed by atoms with E-state index in [1.54, 1.807) is 61.5 Å². The predicted molar refractivity (Wildman–Crippen MR) is 96.9 cm³/mol. The fourth-order valence-electron chi connectivity index (χ4n) is 2.20. The first kappa shape index (κ1) is 18.9. The van der Waals surface area contributed by atoms with Gasteiger partial charge in [-0.1, -0.05) is 42.5 Å². The third-order valence-corrected chi connectivity index (χ3v) is 3.43. The van der Waals surface area contributed by atoms with Gasteiger partial charge >= 0.3 is 11.9 Å². The smallest absolute Gasteiger partial charge is 0.354 e. The number of carbonyl (C=O) groups excluding carboxylic acids is 3. The number of allylic oxidation sites excluding steroid dienone is 1. The summed E-state index contributed by atoms with van der Waals surface area (Å²) in [5.41, 5.74) is 0.923. The third-order valence-electron chi connectivity index (χ3n) is 3.43. The second kappa shape index (κ2) is 9.17. The lowest BCUT2D eigenvalue weighted by Crippen LogP contribution is -2.17. The molecule has 2 aromatic carbocycles. The Kier molecular flexibility index (Phi) is 6.68. The van der Waals surface area contributed by atoms with Gasteiger partial charge in [0.05, 0.1) is 25.0 Å². The van der Waals surface area contributed by atoms with Crippen LogP contribution < -0.4 is 5.32 Å².